The van der Waals surface area contributed by atoms with Gasteiger partial charge in [0.15, 0.2) is 0 Å². The lowest BCUT2D eigenvalue weighted by molar-refractivity contribution is -0.124. The van der Waals surface area contributed by atoms with Crippen LogP contribution in [-0.4, -0.2) is 24.5 Å². The van der Waals surface area contributed by atoms with Gasteiger partial charge in [-0.2, -0.15) is 0 Å². The maximum atomic E-state index is 12.7. The highest BCUT2D eigenvalue weighted by molar-refractivity contribution is 5.99. The molecule has 2 rings (SSSR count). The number of hydrogen-bond donors (Lipinski definition) is 2. The van der Waals surface area contributed by atoms with Crippen LogP contribution >= 0.6 is 0 Å². The fourth-order valence-corrected chi connectivity index (χ4v) is 2.79. The number of aryl methyl sites for hydroxylation is 1. The van der Waals surface area contributed by atoms with Gasteiger partial charge in [-0.25, -0.2) is 0 Å². The Kier molecular flexibility index (Phi) is 7.41. The van der Waals surface area contributed by atoms with Crippen molar-refractivity contribution in [2.75, 3.05) is 6.61 Å². The van der Waals surface area contributed by atoms with Crippen LogP contribution in [0.5, 0.6) is 5.75 Å². The highest BCUT2D eigenvalue weighted by atomic mass is 16.5. The Balaban J connectivity index is 2.07. The van der Waals surface area contributed by atoms with Crippen molar-refractivity contribution in [3.63, 3.8) is 0 Å². The average Bonchev–Trinajstić information content (AvgIpc) is 2.65. The zero-order chi connectivity index (χ0) is 19.8. The van der Waals surface area contributed by atoms with E-state index in [4.69, 9.17) is 4.74 Å². The summed E-state index contributed by atoms with van der Waals surface area (Å²) in [6.07, 6.45) is 0. The lowest BCUT2D eigenvalue weighted by Crippen LogP contribution is -2.49. The van der Waals surface area contributed by atoms with Crippen LogP contribution in [0.2, 0.25) is 0 Å². The molecule has 2 aromatic carbocycles. The number of ether oxygens (including phenoxy) is 1. The monoisotopic (exact) mass is 368 g/mol. The Labute approximate surface area is 161 Å². The molecule has 0 saturated heterocycles. The largest absolute Gasteiger partial charge is 0.493 e. The summed E-state index contributed by atoms with van der Waals surface area (Å²) < 4.78 is 5.52. The minimum Gasteiger partial charge on any atom is -0.493 e. The topological polar surface area (TPSA) is 67.4 Å². The zero-order valence-electron chi connectivity index (χ0n) is 16.4. The van der Waals surface area contributed by atoms with Crippen LogP contribution in [0.4, 0.5) is 0 Å². The molecule has 144 valence electrons. The standard InChI is InChI=1S/C22H28N2O3/c1-5-27-19-13-9-8-12-18(19)21(25)24-20(15(2)3)22(26)23-14-17-11-7-6-10-16(17)4/h6-13,15,20H,5,14H2,1-4H3,(H,23,26)(H,24,25)/t20-/m0/s1. The van der Waals surface area contributed by atoms with Crippen molar-refractivity contribution in [3.8, 4) is 5.75 Å². The summed E-state index contributed by atoms with van der Waals surface area (Å²) in [6.45, 7) is 8.59. The third kappa shape index (κ3) is 5.58. The predicted octanol–water partition coefficient (Wildman–Crippen LogP) is 3.46. The Morgan fingerprint density at radius 1 is 1.04 bits per heavy atom. The molecule has 0 aliphatic carbocycles. The van der Waals surface area contributed by atoms with Gasteiger partial charge >= 0.3 is 0 Å². The number of amides is 2. The lowest BCUT2D eigenvalue weighted by atomic mass is 10.0. The maximum absolute atomic E-state index is 12.7. The van der Waals surface area contributed by atoms with E-state index in [0.717, 1.165) is 11.1 Å². The molecule has 0 radical (unpaired) electrons. The van der Waals surface area contributed by atoms with Crippen LogP contribution < -0.4 is 15.4 Å². The molecule has 0 aliphatic rings. The Hall–Kier alpha value is -2.82. The first kappa shape index (κ1) is 20.5. The van der Waals surface area contributed by atoms with Crippen molar-refractivity contribution in [2.24, 2.45) is 5.92 Å². The SMILES string of the molecule is CCOc1ccccc1C(=O)N[C@H](C(=O)NCc1ccccc1C)C(C)C. The number of hydrogen-bond acceptors (Lipinski definition) is 3. The van der Waals surface area contributed by atoms with Crippen molar-refractivity contribution in [1.82, 2.24) is 10.6 Å². The highest BCUT2D eigenvalue weighted by Gasteiger charge is 2.25. The van der Waals surface area contributed by atoms with Gasteiger partial charge < -0.3 is 15.4 Å². The van der Waals surface area contributed by atoms with Gasteiger partial charge in [-0.15, -0.1) is 0 Å². The fourth-order valence-electron chi connectivity index (χ4n) is 2.79. The molecule has 0 aliphatic heterocycles. The van der Waals surface area contributed by atoms with Crippen molar-refractivity contribution in [2.45, 2.75) is 40.3 Å². The average molecular weight is 368 g/mol. The summed E-state index contributed by atoms with van der Waals surface area (Å²) in [5.41, 5.74) is 2.60. The molecule has 5 nitrogen and oxygen atoms in total. The molecular formula is C22H28N2O3. The second kappa shape index (κ2) is 9.76. The number of carbonyl (C=O) groups excluding carboxylic acids is 2. The second-order valence-corrected chi connectivity index (χ2v) is 6.77. The molecule has 2 aromatic rings. The summed E-state index contributed by atoms with van der Waals surface area (Å²) >= 11 is 0. The van der Waals surface area contributed by atoms with Crippen molar-refractivity contribution < 1.29 is 14.3 Å². The number of benzene rings is 2. The van der Waals surface area contributed by atoms with Crippen LogP contribution in [0.3, 0.4) is 0 Å². The molecule has 1 atom stereocenters. The van der Waals surface area contributed by atoms with Crippen LogP contribution in [0.15, 0.2) is 48.5 Å². The van der Waals surface area contributed by atoms with Crippen molar-refractivity contribution in [3.05, 3.63) is 65.2 Å². The number of nitrogens with one attached hydrogen (secondary N) is 2. The number of para-hydroxylation sites is 1. The first-order chi connectivity index (χ1) is 12.9. The van der Waals surface area contributed by atoms with Crippen molar-refractivity contribution >= 4 is 11.8 Å². The molecule has 0 aromatic heterocycles. The molecule has 0 spiro atoms. The van der Waals surface area contributed by atoms with Gasteiger partial charge in [0.05, 0.1) is 12.2 Å². The normalized spacial score (nSPS) is 11.7. The van der Waals surface area contributed by atoms with Gasteiger partial charge in [-0.1, -0.05) is 50.2 Å². The third-order valence-electron chi connectivity index (χ3n) is 4.38. The molecule has 0 fully saturated rings. The lowest BCUT2D eigenvalue weighted by Gasteiger charge is -2.22. The molecule has 27 heavy (non-hydrogen) atoms. The molecule has 2 amide bonds. The van der Waals surface area contributed by atoms with Gasteiger partial charge in [-0.05, 0) is 43.0 Å². The molecule has 0 bridgehead atoms. The highest BCUT2D eigenvalue weighted by Crippen LogP contribution is 2.18. The summed E-state index contributed by atoms with van der Waals surface area (Å²) in [5.74, 6) is -0.0512. The van der Waals surface area contributed by atoms with Crippen LogP contribution in [0, 0.1) is 12.8 Å². The van der Waals surface area contributed by atoms with E-state index in [1.807, 2.05) is 58.0 Å². The molecule has 5 heteroatoms. The molecular weight excluding hydrogens is 340 g/mol. The zero-order valence-corrected chi connectivity index (χ0v) is 16.4. The summed E-state index contributed by atoms with van der Waals surface area (Å²) in [7, 11) is 0. The molecule has 0 unspecified atom stereocenters. The van der Waals surface area contributed by atoms with E-state index in [1.165, 1.54) is 0 Å². The van der Waals surface area contributed by atoms with E-state index in [1.54, 1.807) is 18.2 Å². The van der Waals surface area contributed by atoms with E-state index < -0.39 is 6.04 Å². The first-order valence-corrected chi connectivity index (χ1v) is 9.29. The predicted molar refractivity (Wildman–Crippen MR) is 107 cm³/mol. The smallest absolute Gasteiger partial charge is 0.255 e. The van der Waals surface area contributed by atoms with Gasteiger partial charge in [-0.3, -0.25) is 9.59 Å². The fraction of sp³-hybridized carbons (Fsp3) is 0.364. The summed E-state index contributed by atoms with van der Waals surface area (Å²) in [5, 5.41) is 5.78. The Morgan fingerprint density at radius 3 is 2.37 bits per heavy atom. The Bertz CT molecular complexity index is 787. The first-order valence-electron chi connectivity index (χ1n) is 9.29. The summed E-state index contributed by atoms with van der Waals surface area (Å²) in [6, 6.07) is 14.3. The number of rotatable bonds is 8. The van der Waals surface area contributed by atoms with Gasteiger partial charge in [0, 0.05) is 6.54 Å². The van der Waals surface area contributed by atoms with E-state index in [2.05, 4.69) is 10.6 Å². The number of carbonyl (C=O) groups is 2. The van der Waals surface area contributed by atoms with E-state index >= 15 is 0 Å². The van der Waals surface area contributed by atoms with Crippen LogP contribution in [-0.2, 0) is 11.3 Å². The van der Waals surface area contributed by atoms with Crippen molar-refractivity contribution in [1.29, 1.82) is 0 Å². The maximum Gasteiger partial charge on any atom is 0.255 e. The van der Waals surface area contributed by atoms with Crippen LogP contribution in [0.25, 0.3) is 0 Å². The van der Waals surface area contributed by atoms with E-state index in [9.17, 15) is 9.59 Å². The minimum atomic E-state index is -0.629. The van der Waals surface area contributed by atoms with E-state index in [0.29, 0.717) is 24.5 Å². The van der Waals surface area contributed by atoms with Gasteiger partial charge in [0.1, 0.15) is 11.8 Å². The Morgan fingerprint density at radius 2 is 1.70 bits per heavy atom. The molecule has 2 N–H and O–H groups in total. The van der Waals surface area contributed by atoms with E-state index in [-0.39, 0.29) is 17.7 Å². The molecule has 0 saturated carbocycles. The molecule has 0 heterocycles. The van der Waals surface area contributed by atoms with Gasteiger partial charge in [0.2, 0.25) is 5.91 Å². The minimum absolute atomic E-state index is 0.0509. The quantitative estimate of drug-likeness (QED) is 0.750. The third-order valence-corrected chi connectivity index (χ3v) is 4.38. The summed E-state index contributed by atoms with van der Waals surface area (Å²) in [4.78, 5) is 25.4. The van der Waals surface area contributed by atoms with Gasteiger partial charge in [0.25, 0.3) is 5.91 Å². The second-order valence-electron chi connectivity index (χ2n) is 6.77. The van der Waals surface area contributed by atoms with Crippen LogP contribution in [0.1, 0.15) is 42.3 Å².